The van der Waals surface area contributed by atoms with Crippen LogP contribution in [0.5, 0.6) is 0 Å². The number of nitrogens with one attached hydrogen (secondary N) is 2. The highest BCUT2D eigenvalue weighted by molar-refractivity contribution is 7.47. The zero-order valence-electron chi connectivity index (χ0n) is 24.2. The first-order valence-electron chi connectivity index (χ1n) is 13.1. The monoisotopic (exact) mass is 724 g/mol. The number of ether oxygens (including phenoxy) is 2. The molecule has 10 unspecified atom stereocenters. The molecule has 7 rings (SSSR count). The fourth-order valence-corrected chi connectivity index (χ4v) is 7.32. The van der Waals surface area contributed by atoms with E-state index < -0.39 is 89.1 Å². The molecule has 264 valence electrons. The minimum atomic E-state index is -5.10. The summed E-state index contributed by atoms with van der Waals surface area (Å²) >= 11 is 0. The molecule has 10 atom stereocenters. The molecule has 4 aromatic heterocycles. The third-order valence-electron chi connectivity index (χ3n) is 7.38. The van der Waals surface area contributed by atoms with Crippen molar-refractivity contribution in [2.24, 2.45) is 0 Å². The average Bonchev–Trinajstić information content (AvgIpc) is 3.72. The Morgan fingerprint density at radius 1 is 0.750 bits per heavy atom. The number of aliphatic hydroxyl groups is 2. The summed E-state index contributed by atoms with van der Waals surface area (Å²) in [5, 5.41) is 22.2. The lowest BCUT2D eigenvalue weighted by atomic mass is 10.1. The topological polar surface area (TPSA) is 420 Å². The summed E-state index contributed by atoms with van der Waals surface area (Å²) in [4.78, 5) is 65.9. The van der Waals surface area contributed by atoms with Gasteiger partial charge in [0.15, 0.2) is 34.8 Å². The fourth-order valence-electron chi connectivity index (χ4n) is 5.39. The van der Waals surface area contributed by atoms with Gasteiger partial charge in [0.2, 0.25) is 11.9 Å². The second-order valence-corrected chi connectivity index (χ2v) is 13.1. The number of aliphatic hydroxyl groups excluding tert-OH is 2. The second-order valence-electron chi connectivity index (χ2n) is 10.3. The summed E-state index contributed by atoms with van der Waals surface area (Å²) < 4.78 is 60.5. The Morgan fingerprint density at radius 3 is 1.50 bits per heavy atom. The van der Waals surface area contributed by atoms with Crippen LogP contribution in [-0.4, -0.2) is 109 Å². The summed E-state index contributed by atoms with van der Waals surface area (Å²) in [6.45, 7) is -1.74. The van der Waals surface area contributed by atoms with E-state index in [-0.39, 0.29) is 46.5 Å². The summed E-state index contributed by atoms with van der Waals surface area (Å²) in [5.74, 6) is -0.561. The van der Waals surface area contributed by atoms with E-state index in [1.165, 1.54) is 0 Å². The predicted molar refractivity (Wildman–Crippen MR) is 156 cm³/mol. The van der Waals surface area contributed by atoms with Crippen LogP contribution in [0.15, 0.2) is 22.2 Å². The molecule has 4 aromatic rings. The molecule has 48 heavy (non-hydrogen) atoms. The van der Waals surface area contributed by atoms with Crippen molar-refractivity contribution in [3.63, 3.8) is 0 Å². The first-order chi connectivity index (χ1) is 21.7. The highest BCUT2D eigenvalue weighted by Crippen LogP contribution is 2.53. The molecule has 3 aliphatic rings. The molecule has 3 saturated heterocycles. The molecule has 0 spiro atoms. The van der Waals surface area contributed by atoms with Crippen molar-refractivity contribution < 1.29 is 56.7 Å². The van der Waals surface area contributed by atoms with Gasteiger partial charge in [-0.2, -0.15) is 9.97 Å². The van der Waals surface area contributed by atoms with Crippen LogP contribution in [0.25, 0.3) is 22.3 Å². The standard InChI is InChI=1S/C20H24N10O14P2.2H3N/c21-19-25-13-7(15(33)27-19)23-3-29(13)17-9(31)11-5(41-17)1-39-45(35,36)44-12-6(2-40-46(37,38)43-11)42-18(10(12)32)30-4-24-8-14(30)26-20(22)28-16(8)34;;/h3-6,9-12,17-18,31-32H,1-2H2,(H,35,36)(H,37,38)(H3,21,25,27,33)(H3,22,26,28,34);2*1H3. The van der Waals surface area contributed by atoms with Gasteiger partial charge in [0.1, 0.15) is 36.6 Å². The molecule has 3 fully saturated rings. The number of H-pyrrole nitrogens is 2. The molecule has 7 heterocycles. The normalized spacial score (nSPS) is 35.6. The largest absolute Gasteiger partial charge is 0.472 e. The Labute approximate surface area is 265 Å². The summed E-state index contributed by atoms with van der Waals surface area (Å²) in [5.41, 5.74) is 9.28. The van der Waals surface area contributed by atoms with Crippen molar-refractivity contribution in [2.75, 3.05) is 24.7 Å². The van der Waals surface area contributed by atoms with Crippen LogP contribution in [0.2, 0.25) is 0 Å². The van der Waals surface area contributed by atoms with Crippen LogP contribution in [0.1, 0.15) is 12.5 Å². The first-order valence-corrected chi connectivity index (χ1v) is 16.1. The fraction of sp³-hybridized carbons (Fsp3) is 0.500. The second kappa shape index (κ2) is 12.6. The molecule has 0 bridgehead atoms. The lowest BCUT2D eigenvalue weighted by Gasteiger charge is -2.27. The molecular formula is C20H30N12O14P2. The van der Waals surface area contributed by atoms with Crippen LogP contribution in [0, 0.1) is 0 Å². The van der Waals surface area contributed by atoms with E-state index in [1.807, 2.05) is 0 Å². The van der Waals surface area contributed by atoms with Crippen molar-refractivity contribution in [2.45, 2.75) is 49.1 Å². The molecule has 0 aliphatic carbocycles. The van der Waals surface area contributed by atoms with E-state index in [4.69, 9.17) is 39.0 Å². The number of nitrogens with two attached hydrogens (primary N) is 2. The third-order valence-corrected chi connectivity index (χ3v) is 9.35. The molecule has 0 aromatic carbocycles. The zero-order valence-corrected chi connectivity index (χ0v) is 26.0. The van der Waals surface area contributed by atoms with E-state index in [0.29, 0.717) is 0 Å². The SMILES string of the molecule is N.N.Nc1nc2c(ncn2C2OC3COP(=O)(O)OC4C(COP(=O)(O)OC3C2O)OC(n2cnc3c(=O)[nH]c(N)nc32)C4O)c(=O)[nH]1. The molecular weight excluding hydrogens is 694 g/mol. The maximum atomic E-state index is 13.1. The molecule has 16 N–H and O–H groups in total. The van der Waals surface area contributed by atoms with E-state index in [2.05, 4.69) is 29.9 Å². The highest BCUT2D eigenvalue weighted by Gasteiger charge is 2.54. The van der Waals surface area contributed by atoms with Gasteiger partial charge in [-0.1, -0.05) is 0 Å². The number of fused-ring (bicyclic) bond motifs is 4. The van der Waals surface area contributed by atoms with Crippen molar-refractivity contribution in [3.05, 3.63) is 33.4 Å². The minimum absolute atomic E-state index is 0. The van der Waals surface area contributed by atoms with Gasteiger partial charge in [-0.25, -0.2) is 19.1 Å². The zero-order chi connectivity index (χ0) is 32.7. The van der Waals surface area contributed by atoms with Gasteiger partial charge in [0.05, 0.1) is 25.9 Å². The van der Waals surface area contributed by atoms with Crippen LogP contribution in [-0.2, 0) is 36.7 Å². The number of hydrogen-bond acceptors (Lipinski definition) is 20. The van der Waals surface area contributed by atoms with Crippen molar-refractivity contribution in [1.29, 1.82) is 0 Å². The third kappa shape index (κ3) is 6.14. The van der Waals surface area contributed by atoms with Gasteiger partial charge in [-0.05, 0) is 0 Å². The number of nitrogens with zero attached hydrogens (tertiary/aromatic N) is 6. The molecule has 0 saturated carbocycles. The quantitative estimate of drug-likeness (QED) is 0.0938. The number of aromatic nitrogens is 8. The highest BCUT2D eigenvalue weighted by atomic mass is 31.2. The van der Waals surface area contributed by atoms with Crippen LogP contribution in [0.4, 0.5) is 11.9 Å². The van der Waals surface area contributed by atoms with Crippen LogP contribution >= 0.6 is 15.6 Å². The minimum Gasteiger partial charge on any atom is -0.386 e. The molecule has 0 radical (unpaired) electrons. The molecule has 26 nitrogen and oxygen atoms in total. The lowest BCUT2D eigenvalue weighted by molar-refractivity contribution is -0.0664. The Hall–Kier alpha value is -3.72. The number of nitrogen functional groups attached to an aromatic ring is 2. The lowest BCUT2D eigenvalue weighted by Crippen LogP contribution is -2.39. The Kier molecular flexibility index (Phi) is 9.36. The van der Waals surface area contributed by atoms with Crippen molar-refractivity contribution in [3.8, 4) is 0 Å². The number of phosphoric acid groups is 2. The maximum Gasteiger partial charge on any atom is 0.472 e. The number of hydrogen-bond donors (Lipinski definition) is 10. The Balaban J connectivity index is 0.00000225. The van der Waals surface area contributed by atoms with Crippen LogP contribution < -0.4 is 34.9 Å². The van der Waals surface area contributed by atoms with Crippen LogP contribution in [0.3, 0.4) is 0 Å². The number of phosphoric ester groups is 2. The molecule has 3 aliphatic heterocycles. The van der Waals surface area contributed by atoms with Gasteiger partial charge in [-0.15, -0.1) is 0 Å². The number of rotatable bonds is 2. The summed E-state index contributed by atoms with van der Waals surface area (Å²) in [6, 6.07) is 0. The van der Waals surface area contributed by atoms with E-state index in [0.717, 1.165) is 21.8 Å². The number of anilines is 2. The smallest absolute Gasteiger partial charge is 0.386 e. The van der Waals surface area contributed by atoms with Gasteiger partial charge in [0.25, 0.3) is 11.1 Å². The van der Waals surface area contributed by atoms with Gasteiger partial charge in [0, 0.05) is 0 Å². The molecule has 28 heteroatoms. The first kappa shape index (κ1) is 35.6. The number of aromatic amines is 2. The number of imidazole rings is 2. The van der Waals surface area contributed by atoms with E-state index in [1.54, 1.807) is 0 Å². The van der Waals surface area contributed by atoms with Crippen molar-refractivity contribution >= 4 is 49.9 Å². The van der Waals surface area contributed by atoms with Gasteiger partial charge in [-0.3, -0.25) is 46.8 Å². The van der Waals surface area contributed by atoms with Crippen molar-refractivity contribution in [1.82, 2.24) is 51.3 Å². The maximum absolute atomic E-state index is 13.1. The van der Waals surface area contributed by atoms with E-state index >= 15 is 0 Å². The Morgan fingerprint density at radius 2 is 1.12 bits per heavy atom. The average molecular weight is 724 g/mol. The van der Waals surface area contributed by atoms with Gasteiger partial charge >= 0.3 is 15.6 Å². The van der Waals surface area contributed by atoms with Gasteiger partial charge < -0.3 is 53.2 Å². The summed E-state index contributed by atoms with van der Waals surface area (Å²) in [6.07, 6.45) is -10.9. The summed E-state index contributed by atoms with van der Waals surface area (Å²) in [7, 11) is -10.2. The predicted octanol–water partition coefficient (Wildman–Crippen LogP) is -2.72. The molecule has 0 amide bonds. The van der Waals surface area contributed by atoms with E-state index in [9.17, 15) is 38.7 Å². The Bertz CT molecular complexity index is 1910.